The Morgan fingerprint density at radius 2 is 1.20 bits per heavy atom. The smallest absolute Gasteiger partial charge is 0.311 e. The first kappa shape index (κ1) is 26.4. The second-order valence-corrected chi connectivity index (χ2v) is 8.89. The maximum Gasteiger partial charge on any atom is 0.311 e. The van der Waals surface area contributed by atoms with Crippen LogP contribution in [0.15, 0.2) is 60.9 Å². The summed E-state index contributed by atoms with van der Waals surface area (Å²) in [5, 5.41) is 0. The van der Waals surface area contributed by atoms with Gasteiger partial charge in [-0.2, -0.15) is 0 Å². The molecule has 0 N–H and O–H groups in total. The molecule has 0 aliphatic heterocycles. The van der Waals surface area contributed by atoms with E-state index < -0.39 is 0 Å². The van der Waals surface area contributed by atoms with E-state index in [2.05, 4.69) is 48.1 Å². The molecule has 0 spiro atoms. The number of carbonyl (C=O) groups is 1. The second kappa shape index (κ2) is 14.9. The van der Waals surface area contributed by atoms with Crippen molar-refractivity contribution in [2.45, 2.75) is 78.1 Å². The number of unbranched alkanes of at least 4 members (excludes halogenated alkanes) is 7. The van der Waals surface area contributed by atoms with Crippen LogP contribution in [-0.4, -0.2) is 22.5 Å². The lowest BCUT2D eigenvalue weighted by molar-refractivity contribution is -0.134. The van der Waals surface area contributed by atoms with Crippen molar-refractivity contribution in [1.82, 2.24) is 9.97 Å². The van der Waals surface area contributed by atoms with Crippen LogP contribution in [0.3, 0.4) is 0 Å². The standard InChI is InChI=1S/C30H38N2O3/c1-3-5-7-9-10-12-29(33)35-28-22-31-30(32-23-28)26-15-13-24(14-16-26)25-17-19-27(20-18-25)34-21-11-8-6-4-2/h13-20,22-23H,3-12,21H2,1-2H3. The molecule has 0 fully saturated rings. The lowest BCUT2D eigenvalue weighted by Gasteiger charge is -2.08. The van der Waals surface area contributed by atoms with Crippen LogP contribution in [0.4, 0.5) is 0 Å². The summed E-state index contributed by atoms with van der Waals surface area (Å²) in [6.45, 7) is 5.16. The highest BCUT2D eigenvalue weighted by Crippen LogP contribution is 2.25. The maximum absolute atomic E-state index is 12.0. The first-order valence-electron chi connectivity index (χ1n) is 13.1. The predicted molar refractivity (Wildman–Crippen MR) is 142 cm³/mol. The van der Waals surface area contributed by atoms with Crippen LogP contribution in [0.25, 0.3) is 22.5 Å². The number of nitrogens with zero attached hydrogens (tertiary/aromatic N) is 2. The van der Waals surface area contributed by atoms with Crippen LogP contribution in [0, 0.1) is 0 Å². The topological polar surface area (TPSA) is 61.3 Å². The fraction of sp³-hybridized carbons (Fsp3) is 0.433. The molecular weight excluding hydrogens is 436 g/mol. The van der Waals surface area contributed by atoms with Gasteiger partial charge < -0.3 is 9.47 Å². The summed E-state index contributed by atoms with van der Waals surface area (Å²) < 4.78 is 11.2. The first-order chi connectivity index (χ1) is 17.2. The second-order valence-electron chi connectivity index (χ2n) is 8.89. The Hall–Kier alpha value is -3.21. The van der Waals surface area contributed by atoms with Gasteiger partial charge >= 0.3 is 5.97 Å². The molecule has 0 atom stereocenters. The summed E-state index contributed by atoms with van der Waals surface area (Å²) in [7, 11) is 0. The van der Waals surface area contributed by atoms with Crippen molar-refractivity contribution < 1.29 is 14.3 Å². The van der Waals surface area contributed by atoms with Crippen molar-refractivity contribution in [3.8, 4) is 34.0 Å². The molecule has 1 heterocycles. The van der Waals surface area contributed by atoms with Gasteiger partial charge in [-0.1, -0.05) is 95.2 Å². The van der Waals surface area contributed by atoms with Crippen LogP contribution in [0.5, 0.6) is 11.5 Å². The normalized spacial score (nSPS) is 10.8. The lowest BCUT2D eigenvalue weighted by atomic mass is 10.0. The van der Waals surface area contributed by atoms with Crippen molar-refractivity contribution in [2.24, 2.45) is 0 Å². The average Bonchev–Trinajstić information content (AvgIpc) is 2.89. The molecule has 0 aliphatic carbocycles. The Morgan fingerprint density at radius 3 is 1.83 bits per heavy atom. The molecule has 0 unspecified atom stereocenters. The number of hydrogen-bond acceptors (Lipinski definition) is 5. The number of esters is 1. The number of aromatic nitrogens is 2. The molecule has 3 rings (SSSR count). The molecule has 5 heteroatoms. The van der Waals surface area contributed by atoms with Crippen LogP contribution >= 0.6 is 0 Å². The summed E-state index contributed by atoms with van der Waals surface area (Å²) in [5.74, 6) is 1.67. The van der Waals surface area contributed by atoms with Crippen molar-refractivity contribution in [1.29, 1.82) is 0 Å². The quantitative estimate of drug-likeness (QED) is 0.165. The van der Waals surface area contributed by atoms with E-state index in [9.17, 15) is 4.79 Å². The zero-order valence-electron chi connectivity index (χ0n) is 21.2. The molecular formula is C30H38N2O3. The molecule has 2 aromatic carbocycles. The van der Waals surface area contributed by atoms with Crippen molar-refractivity contribution >= 4 is 5.97 Å². The zero-order valence-corrected chi connectivity index (χ0v) is 21.2. The molecule has 186 valence electrons. The minimum Gasteiger partial charge on any atom is -0.494 e. The minimum atomic E-state index is -0.227. The molecule has 5 nitrogen and oxygen atoms in total. The van der Waals surface area contributed by atoms with E-state index >= 15 is 0 Å². The third-order valence-electron chi connectivity index (χ3n) is 5.94. The molecule has 0 radical (unpaired) electrons. The number of hydrogen-bond donors (Lipinski definition) is 0. The average molecular weight is 475 g/mol. The molecule has 0 aliphatic rings. The summed E-state index contributed by atoms with van der Waals surface area (Å²) in [4.78, 5) is 20.8. The van der Waals surface area contributed by atoms with Gasteiger partial charge in [0.15, 0.2) is 11.6 Å². The number of ether oxygens (including phenoxy) is 2. The van der Waals surface area contributed by atoms with Gasteiger partial charge in [-0.3, -0.25) is 4.79 Å². The summed E-state index contributed by atoms with van der Waals surface area (Å²) >= 11 is 0. The highest BCUT2D eigenvalue weighted by molar-refractivity contribution is 5.72. The Balaban J connectivity index is 1.49. The number of benzene rings is 2. The van der Waals surface area contributed by atoms with Gasteiger partial charge in [0.05, 0.1) is 19.0 Å². The van der Waals surface area contributed by atoms with E-state index in [0.717, 1.165) is 48.3 Å². The third-order valence-corrected chi connectivity index (χ3v) is 5.94. The van der Waals surface area contributed by atoms with E-state index in [4.69, 9.17) is 9.47 Å². The van der Waals surface area contributed by atoms with Gasteiger partial charge in [0.25, 0.3) is 0 Å². The summed E-state index contributed by atoms with van der Waals surface area (Å²) in [6.07, 6.45) is 13.9. The predicted octanol–water partition coefficient (Wildman–Crippen LogP) is 8.04. The molecule has 0 bridgehead atoms. The Bertz CT molecular complexity index is 999. The third kappa shape index (κ3) is 9.16. The van der Waals surface area contributed by atoms with E-state index in [-0.39, 0.29) is 5.97 Å². The van der Waals surface area contributed by atoms with E-state index in [0.29, 0.717) is 18.0 Å². The van der Waals surface area contributed by atoms with Gasteiger partial charge in [0, 0.05) is 12.0 Å². The lowest BCUT2D eigenvalue weighted by Crippen LogP contribution is -2.08. The molecule has 3 aromatic rings. The van der Waals surface area contributed by atoms with Gasteiger partial charge in [-0.05, 0) is 36.1 Å². The highest BCUT2D eigenvalue weighted by atomic mass is 16.5. The fourth-order valence-corrected chi connectivity index (χ4v) is 3.85. The Labute approximate surface area is 209 Å². The van der Waals surface area contributed by atoms with Gasteiger partial charge in [0.2, 0.25) is 0 Å². The zero-order chi connectivity index (χ0) is 24.7. The Morgan fingerprint density at radius 1 is 0.657 bits per heavy atom. The van der Waals surface area contributed by atoms with Crippen LogP contribution in [-0.2, 0) is 4.79 Å². The Kier molecular flexibility index (Phi) is 11.3. The summed E-state index contributed by atoms with van der Waals surface area (Å²) in [5.41, 5.74) is 3.16. The van der Waals surface area contributed by atoms with Crippen molar-refractivity contribution in [3.05, 3.63) is 60.9 Å². The fourth-order valence-electron chi connectivity index (χ4n) is 3.85. The first-order valence-corrected chi connectivity index (χ1v) is 13.1. The SMILES string of the molecule is CCCCCCCC(=O)Oc1cnc(-c2ccc(-c3ccc(OCCCCCC)cc3)cc2)nc1. The van der Waals surface area contributed by atoms with Crippen molar-refractivity contribution in [2.75, 3.05) is 6.61 Å². The largest absolute Gasteiger partial charge is 0.494 e. The minimum absolute atomic E-state index is 0.227. The van der Waals surface area contributed by atoms with Gasteiger partial charge in [-0.15, -0.1) is 0 Å². The molecule has 0 amide bonds. The van der Waals surface area contributed by atoms with Gasteiger partial charge in [0.1, 0.15) is 5.75 Å². The number of carbonyl (C=O) groups excluding carboxylic acids is 1. The van der Waals surface area contributed by atoms with Gasteiger partial charge in [-0.25, -0.2) is 9.97 Å². The summed E-state index contributed by atoms with van der Waals surface area (Å²) in [6, 6.07) is 16.3. The van der Waals surface area contributed by atoms with E-state index in [1.54, 1.807) is 12.4 Å². The van der Waals surface area contributed by atoms with E-state index in [1.807, 2.05) is 24.3 Å². The molecule has 0 saturated carbocycles. The molecule has 35 heavy (non-hydrogen) atoms. The van der Waals surface area contributed by atoms with Crippen LogP contribution in [0.2, 0.25) is 0 Å². The van der Waals surface area contributed by atoms with Crippen LogP contribution in [0.1, 0.15) is 78.1 Å². The molecule has 1 aromatic heterocycles. The number of rotatable bonds is 15. The van der Waals surface area contributed by atoms with Crippen molar-refractivity contribution in [3.63, 3.8) is 0 Å². The molecule has 0 saturated heterocycles. The van der Waals surface area contributed by atoms with Crippen LogP contribution < -0.4 is 9.47 Å². The maximum atomic E-state index is 12.0. The van der Waals surface area contributed by atoms with E-state index in [1.165, 1.54) is 38.5 Å². The monoisotopic (exact) mass is 474 g/mol. The highest BCUT2D eigenvalue weighted by Gasteiger charge is 2.08.